The maximum absolute atomic E-state index is 11.5. The van der Waals surface area contributed by atoms with Crippen molar-refractivity contribution in [3.05, 3.63) is 64.7 Å². The summed E-state index contributed by atoms with van der Waals surface area (Å²) < 4.78 is 5.74. The summed E-state index contributed by atoms with van der Waals surface area (Å²) in [6.45, 7) is 2.67. The molecule has 1 aliphatic rings. The van der Waals surface area contributed by atoms with Gasteiger partial charge in [-0.25, -0.2) is 0 Å². The Morgan fingerprint density at radius 3 is 2.42 bits per heavy atom. The second-order valence-electron chi connectivity index (χ2n) is 5.78. The first-order valence-corrected chi connectivity index (χ1v) is 9.13. The first-order valence-electron chi connectivity index (χ1n) is 8.26. The zero-order chi connectivity index (χ0) is 17.6. The van der Waals surface area contributed by atoms with Crippen LogP contribution in [0.25, 0.3) is 5.32 Å². The summed E-state index contributed by atoms with van der Waals surface area (Å²) in [6, 6.07) is 11.7. The van der Waals surface area contributed by atoms with Crippen LogP contribution in [0.5, 0.6) is 5.75 Å². The minimum Gasteiger partial charge on any atom is -0.585 e. The zero-order valence-corrected chi connectivity index (χ0v) is 17.8. The molecule has 1 aromatic carbocycles. The van der Waals surface area contributed by atoms with Crippen LogP contribution in [0.1, 0.15) is 23.7 Å². The third kappa shape index (κ3) is 5.84. The Morgan fingerprint density at radius 2 is 1.85 bits per heavy atom. The standard InChI is InChI=1S/C19H20N2O3S.Na/c1-2-13-3-6-15(20-12-13)9-10-24-16-7-4-14(5-8-16)11-17-18(22)21-19(23)25-17;/h3-8,12,17H,2,9-11H2,1H3,(H,21,22,23);/q;+1/p-1/t17-;/m1./s1. The molecule has 0 spiro atoms. The van der Waals surface area contributed by atoms with Gasteiger partial charge < -0.3 is 19.6 Å². The quantitative estimate of drug-likeness (QED) is 0.671. The number of aryl methyl sites for hydroxylation is 1. The fourth-order valence-electron chi connectivity index (χ4n) is 2.51. The molecule has 0 unspecified atom stereocenters. The predicted octanol–water partition coefficient (Wildman–Crippen LogP) is 0.948. The molecular formula is C19H19N2NaO3S. The van der Waals surface area contributed by atoms with E-state index in [4.69, 9.17) is 4.74 Å². The molecule has 130 valence electrons. The van der Waals surface area contributed by atoms with Gasteiger partial charge in [-0.2, -0.15) is 0 Å². The number of carbonyl (C=O) groups is 2. The van der Waals surface area contributed by atoms with Crippen molar-refractivity contribution in [2.75, 3.05) is 6.61 Å². The monoisotopic (exact) mass is 378 g/mol. The first-order chi connectivity index (χ1) is 12.1. The number of nitrogens with zero attached hydrogens (tertiary/aromatic N) is 2. The summed E-state index contributed by atoms with van der Waals surface area (Å²) in [5, 5.41) is 2.63. The van der Waals surface area contributed by atoms with Crippen molar-refractivity contribution in [2.45, 2.75) is 31.4 Å². The number of benzene rings is 1. The number of pyridine rings is 1. The second-order valence-corrected chi connectivity index (χ2v) is 6.93. The molecule has 1 aromatic heterocycles. The maximum atomic E-state index is 11.5. The minimum atomic E-state index is -0.393. The summed E-state index contributed by atoms with van der Waals surface area (Å²) in [4.78, 5) is 27.1. The van der Waals surface area contributed by atoms with Crippen LogP contribution in [0.15, 0.2) is 42.6 Å². The van der Waals surface area contributed by atoms with Crippen molar-refractivity contribution in [2.24, 2.45) is 0 Å². The third-order valence-corrected chi connectivity index (χ3v) is 4.93. The largest absolute Gasteiger partial charge is 1.00 e. The molecule has 2 amide bonds. The van der Waals surface area contributed by atoms with Crippen LogP contribution < -0.4 is 34.3 Å². The van der Waals surface area contributed by atoms with Crippen LogP contribution in [-0.4, -0.2) is 28.0 Å². The number of hydrogen-bond acceptors (Lipinski definition) is 5. The maximum Gasteiger partial charge on any atom is 1.00 e. The Kier molecular flexibility index (Phi) is 8.15. The number of aromatic nitrogens is 1. The molecular weight excluding hydrogens is 359 g/mol. The van der Waals surface area contributed by atoms with Crippen molar-refractivity contribution in [1.82, 2.24) is 4.98 Å². The Hall–Kier alpha value is -1.34. The average molecular weight is 378 g/mol. The average Bonchev–Trinajstić information content (AvgIpc) is 2.94. The normalized spacial score (nSPS) is 16.1. The van der Waals surface area contributed by atoms with Gasteiger partial charge in [0.15, 0.2) is 0 Å². The van der Waals surface area contributed by atoms with E-state index in [2.05, 4.69) is 23.3 Å². The van der Waals surface area contributed by atoms with Crippen LogP contribution in [-0.2, 0) is 24.1 Å². The van der Waals surface area contributed by atoms with Crippen molar-refractivity contribution < 1.29 is 43.9 Å². The van der Waals surface area contributed by atoms with Gasteiger partial charge in [0, 0.05) is 18.3 Å². The van der Waals surface area contributed by atoms with E-state index in [0.29, 0.717) is 13.0 Å². The van der Waals surface area contributed by atoms with E-state index in [0.717, 1.165) is 41.6 Å². The van der Waals surface area contributed by atoms with Gasteiger partial charge >= 0.3 is 29.6 Å². The van der Waals surface area contributed by atoms with Crippen LogP contribution in [0.2, 0.25) is 0 Å². The summed E-state index contributed by atoms with van der Waals surface area (Å²) in [5.74, 6) is 0.442. The molecule has 2 aromatic rings. The van der Waals surface area contributed by atoms with Gasteiger partial charge in [0.25, 0.3) is 0 Å². The molecule has 1 atom stereocenters. The van der Waals surface area contributed by atoms with Crippen LogP contribution in [0.3, 0.4) is 0 Å². The van der Waals surface area contributed by atoms with Gasteiger partial charge in [-0.1, -0.05) is 36.9 Å². The molecule has 5 nitrogen and oxygen atoms in total. The number of rotatable bonds is 7. The molecule has 0 radical (unpaired) electrons. The van der Waals surface area contributed by atoms with Gasteiger partial charge in [0.2, 0.25) is 0 Å². The van der Waals surface area contributed by atoms with Crippen molar-refractivity contribution in [3.8, 4) is 5.75 Å². The number of imide groups is 1. The van der Waals surface area contributed by atoms with Crippen molar-refractivity contribution in [1.29, 1.82) is 0 Å². The fourth-order valence-corrected chi connectivity index (χ4v) is 3.33. The Balaban J connectivity index is 0.00000243. The summed E-state index contributed by atoms with van der Waals surface area (Å²) in [6.07, 6.45) is 4.15. The number of ether oxygens (including phenoxy) is 1. The molecule has 0 N–H and O–H groups in total. The molecule has 0 saturated carbocycles. The SMILES string of the molecule is CCc1ccc(CCOc2ccc(C[C@H]3SC(=O)[N-]C3=O)cc2)nc1.[Na+]. The first kappa shape index (κ1) is 21.0. The number of amides is 2. The molecule has 7 heteroatoms. The molecule has 0 bridgehead atoms. The summed E-state index contributed by atoms with van der Waals surface area (Å²) in [5.41, 5.74) is 3.23. The van der Waals surface area contributed by atoms with Crippen molar-refractivity contribution in [3.63, 3.8) is 0 Å². The van der Waals surface area contributed by atoms with E-state index in [1.807, 2.05) is 36.5 Å². The van der Waals surface area contributed by atoms with E-state index >= 15 is 0 Å². The second kappa shape index (κ2) is 10.1. The Labute approximate surface area is 179 Å². The van der Waals surface area contributed by atoms with Gasteiger partial charge in [-0.15, -0.1) is 0 Å². The molecule has 2 heterocycles. The van der Waals surface area contributed by atoms with E-state index in [-0.39, 0.29) is 35.5 Å². The van der Waals surface area contributed by atoms with E-state index in [1.165, 1.54) is 5.56 Å². The van der Waals surface area contributed by atoms with Gasteiger partial charge in [-0.05, 0) is 42.2 Å². The number of hydrogen-bond donors (Lipinski definition) is 0. The fraction of sp³-hybridized carbons (Fsp3) is 0.316. The Bertz CT molecular complexity index is 750. The van der Waals surface area contributed by atoms with Gasteiger partial charge in [0.1, 0.15) is 11.0 Å². The third-order valence-electron chi connectivity index (χ3n) is 3.99. The van der Waals surface area contributed by atoms with Crippen molar-refractivity contribution >= 4 is 22.9 Å². The predicted molar refractivity (Wildman–Crippen MR) is 98.1 cm³/mol. The smallest absolute Gasteiger partial charge is 0.585 e. The topological polar surface area (TPSA) is 70.4 Å². The van der Waals surface area contributed by atoms with Gasteiger partial charge in [0.05, 0.1) is 17.8 Å². The molecule has 1 aliphatic heterocycles. The molecule has 1 saturated heterocycles. The van der Waals surface area contributed by atoms with Crippen LogP contribution in [0.4, 0.5) is 4.79 Å². The van der Waals surface area contributed by atoms with E-state index in [1.54, 1.807) is 0 Å². The minimum absolute atomic E-state index is 0. The van der Waals surface area contributed by atoms with Gasteiger partial charge in [-0.3, -0.25) is 4.98 Å². The summed E-state index contributed by atoms with van der Waals surface area (Å²) in [7, 11) is 0. The molecule has 26 heavy (non-hydrogen) atoms. The molecule has 3 rings (SSSR count). The van der Waals surface area contributed by atoms with E-state index < -0.39 is 10.5 Å². The van der Waals surface area contributed by atoms with Crippen LogP contribution >= 0.6 is 11.8 Å². The molecule has 1 fully saturated rings. The number of carbonyl (C=O) groups excluding carboxylic acids is 2. The molecule has 0 aliphatic carbocycles. The Morgan fingerprint density at radius 1 is 1.12 bits per heavy atom. The number of thioether (sulfide) groups is 1. The van der Waals surface area contributed by atoms with Crippen LogP contribution in [0, 0.1) is 0 Å². The van der Waals surface area contributed by atoms with E-state index in [9.17, 15) is 9.59 Å². The summed E-state index contributed by atoms with van der Waals surface area (Å²) >= 11 is 0.993. The zero-order valence-electron chi connectivity index (χ0n) is 15.0.